The molecule has 0 fully saturated rings. The van der Waals surface area contributed by atoms with Crippen molar-refractivity contribution < 1.29 is 19.4 Å². The molecule has 0 unspecified atom stereocenters. The third-order valence-electron chi connectivity index (χ3n) is 0.719. The highest BCUT2D eigenvalue weighted by Crippen LogP contribution is 1.76. The summed E-state index contributed by atoms with van der Waals surface area (Å²) in [7, 11) is 1.31. The Morgan fingerprint density at radius 1 is 1.54 bits per heavy atom. The van der Waals surface area contributed by atoms with Crippen LogP contribution >= 0.6 is 0 Å². The summed E-state index contributed by atoms with van der Waals surface area (Å²) in [6.07, 6.45) is 2.06. The predicted octanol–water partition coefficient (Wildman–Crippen LogP) is 0.279. The van der Waals surface area contributed by atoms with Gasteiger partial charge in [-0.15, -0.1) is 0 Å². The van der Waals surface area contributed by atoms with Gasteiger partial charge >= 0.3 is 11.9 Å². The van der Waals surface area contributed by atoms with E-state index in [1.807, 2.05) is 0 Å². The van der Waals surface area contributed by atoms with Crippen LogP contribution in [0.25, 0.3) is 0 Å². The molecule has 0 aromatic carbocycles. The lowest BCUT2D eigenvalue weighted by Crippen LogP contribution is -1.96. The number of rotatable bonds is 2. The first kappa shape index (κ1) is 13.8. The number of allylic oxidation sites excluding steroid dienone is 1. The van der Waals surface area contributed by atoms with E-state index in [1.54, 1.807) is 0 Å². The molecule has 0 aliphatic heterocycles. The number of hydrogen-bond donors (Lipinski definition) is 2. The minimum atomic E-state index is -1.000. The molecule has 0 atom stereocenters. The van der Waals surface area contributed by atoms with Gasteiger partial charge < -0.3 is 15.6 Å². The van der Waals surface area contributed by atoms with Gasteiger partial charge in [0.15, 0.2) is 0 Å². The van der Waals surface area contributed by atoms with Gasteiger partial charge in [-0.25, -0.2) is 9.59 Å². The average Bonchev–Trinajstić information content (AvgIpc) is 2.01. The van der Waals surface area contributed by atoms with Crippen LogP contribution in [0.3, 0.4) is 0 Å². The molecule has 0 aromatic heterocycles. The van der Waals surface area contributed by atoms with Gasteiger partial charge in [0.2, 0.25) is 0 Å². The highest BCUT2D eigenvalue weighted by atomic mass is 16.5. The second kappa shape index (κ2) is 8.32. The van der Waals surface area contributed by atoms with Crippen LogP contribution in [0.5, 0.6) is 0 Å². The van der Waals surface area contributed by atoms with Crippen LogP contribution < -0.4 is 5.73 Å². The third-order valence-corrected chi connectivity index (χ3v) is 0.719. The van der Waals surface area contributed by atoms with Gasteiger partial charge in [-0.1, -0.05) is 6.58 Å². The van der Waals surface area contributed by atoms with Crippen LogP contribution in [-0.4, -0.2) is 24.2 Å². The molecule has 0 rings (SSSR count). The Morgan fingerprint density at radius 2 is 2.00 bits per heavy atom. The van der Waals surface area contributed by atoms with Crippen LogP contribution in [0.1, 0.15) is 6.92 Å². The third kappa shape index (κ3) is 17.8. The smallest absolute Gasteiger partial charge is 0.330 e. The molecule has 0 radical (unpaired) electrons. The lowest BCUT2D eigenvalue weighted by molar-refractivity contribution is -0.135. The Hall–Kier alpha value is -1.78. The summed E-state index contributed by atoms with van der Waals surface area (Å²) < 4.78 is 4.14. The second-order valence-electron chi connectivity index (χ2n) is 1.95. The molecule has 0 amide bonds. The topological polar surface area (TPSA) is 89.6 Å². The average molecular weight is 187 g/mol. The number of nitrogens with two attached hydrogens (primary N) is 1. The highest BCUT2D eigenvalue weighted by molar-refractivity contribution is 5.81. The molecule has 0 spiro atoms. The molecule has 0 aromatic rings. The molecule has 74 valence electrons. The number of carbonyl (C=O) groups excluding carboxylic acids is 1. The van der Waals surface area contributed by atoms with E-state index in [-0.39, 0.29) is 0 Å². The molecule has 0 heterocycles. The first-order chi connectivity index (χ1) is 5.93. The van der Waals surface area contributed by atoms with E-state index in [4.69, 9.17) is 10.8 Å². The fraction of sp³-hybridized carbons (Fsp3) is 0.250. The molecule has 5 heteroatoms. The van der Waals surface area contributed by atoms with Crippen LogP contribution in [-0.2, 0) is 14.3 Å². The summed E-state index contributed by atoms with van der Waals surface area (Å²) in [5.74, 6) is -1.39. The lowest BCUT2D eigenvalue weighted by atomic mass is 10.5. The highest BCUT2D eigenvalue weighted by Gasteiger charge is 1.84. The van der Waals surface area contributed by atoms with Crippen molar-refractivity contribution in [3.05, 3.63) is 24.4 Å². The number of carboxylic acid groups (broad SMARTS) is 1. The normalized spacial score (nSPS) is 9.23. The van der Waals surface area contributed by atoms with E-state index >= 15 is 0 Å². The fourth-order valence-corrected chi connectivity index (χ4v) is 0.278. The van der Waals surface area contributed by atoms with Gasteiger partial charge in [0, 0.05) is 17.8 Å². The summed E-state index contributed by atoms with van der Waals surface area (Å²) in [6, 6.07) is 0. The number of aliphatic carboxylic acids is 1. The summed E-state index contributed by atoms with van der Waals surface area (Å²) >= 11 is 0. The number of ether oxygens (including phenoxy) is 1. The standard InChI is InChI=1S/C4H7NO2.C4H6O2/c1-3(5)2-4(6)7;1-3-4(5)6-2/h2H,5H2,1H3,(H,6,7);3H,1H2,2H3. The number of carboxylic acids is 1. The van der Waals surface area contributed by atoms with Gasteiger partial charge in [0.1, 0.15) is 0 Å². The molecule has 0 aliphatic carbocycles. The van der Waals surface area contributed by atoms with Gasteiger partial charge in [0.05, 0.1) is 7.11 Å². The Morgan fingerprint density at radius 3 is 2.00 bits per heavy atom. The van der Waals surface area contributed by atoms with E-state index in [0.29, 0.717) is 5.70 Å². The number of esters is 1. The van der Waals surface area contributed by atoms with Crippen LogP contribution in [0.4, 0.5) is 0 Å². The zero-order valence-corrected chi connectivity index (χ0v) is 7.61. The van der Waals surface area contributed by atoms with E-state index in [0.717, 1.165) is 12.2 Å². The van der Waals surface area contributed by atoms with Gasteiger partial charge in [-0.2, -0.15) is 0 Å². The van der Waals surface area contributed by atoms with Crippen molar-refractivity contribution >= 4 is 11.9 Å². The molecule has 13 heavy (non-hydrogen) atoms. The van der Waals surface area contributed by atoms with Crippen molar-refractivity contribution in [2.75, 3.05) is 7.11 Å². The lowest BCUT2D eigenvalue weighted by Gasteiger charge is -1.83. The molecular formula is C8H13NO4. The number of carbonyl (C=O) groups is 2. The summed E-state index contributed by atoms with van der Waals surface area (Å²) in [5.41, 5.74) is 5.29. The van der Waals surface area contributed by atoms with E-state index < -0.39 is 11.9 Å². The zero-order chi connectivity index (χ0) is 10.9. The Labute approximate surface area is 76.5 Å². The molecule has 0 bridgehead atoms. The van der Waals surface area contributed by atoms with E-state index in [9.17, 15) is 9.59 Å². The monoisotopic (exact) mass is 187 g/mol. The summed E-state index contributed by atoms with van der Waals surface area (Å²) in [6.45, 7) is 4.68. The maximum Gasteiger partial charge on any atom is 0.330 e. The SMILES string of the molecule is C=CC(=O)OC.CC(N)=CC(=O)O. The quantitative estimate of drug-likeness (QED) is 0.478. The Balaban J connectivity index is 0. The maximum atomic E-state index is 9.84. The predicted molar refractivity (Wildman–Crippen MR) is 47.8 cm³/mol. The maximum absolute atomic E-state index is 9.84. The zero-order valence-electron chi connectivity index (χ0n) is 7.61. The Kier molecular flexibility index (Phi) is 8.82. The fourth-order valence-electron chi connectivity index (χ4n) is 0.278. The van der Waals surface area contributed by atoms with Crippen molar-refractivity contribution in [2.45, 2.75) is 6.92 Å². The van der Waals surface area contributed by atoms with Crippen LogP contribution in [0.15, 0.2) is 24.4 Å². The van der Waals surface area contributed by atoms with Gasteiger partial charge in [0.25, 0.3) is 0 Å². The summed E-state index contributed by atoms with van der Waals surface area (Å²) in [4.78, 5) is 19.5. The van der Waals surface area contributed by atoms with Crippen molar-refractivity contribution in [3.63, 3.8) is 0 Å². The molecule has 3 N–H and O–H groups in total. The molecule has 0 saturated carbocycles. The molecular weight excluding hydrogens is 174 g/mol. The first-order valence-electron chi connectivity index (χ1n) is 3.31. The van der Waals surface area contributed by atoms with E-state index in [1.165, 1.54) is 14.0 Å². The number of methoxy groups -OCH3 is 1. The summed E-state index contributed by atoms with van der Waals surface area (Å²) in [5, 5.41) is 7.93. The van der Waals surface area contributed by atoms with E-state index in [2.05, 4.69) is 11.3 Å². The Bertz CT molecular complexity index is 216. The van der Waals surface area contributed by atoms with Crippen molar-refractivity contribution in [2.24, 2.45) is 5.73 Å². The van der Waals surface area contributed by atoms with Gasteiger partial charge in [-0.3, -0.25) is 0 Å². The molecule has 0 aliphatic rings. The first-order valence-corrected chi connectivity index (χ1v) is 3.31. The van der Waals surface area contributed by atoms with Crippen molar-refractivity contribution in [1.82, 2.24) is 0 Å². The largest absolute Gasteiger partial charge is 0.478 e. The minimum Gasteiger partial charge on any atom is -0.478 e. The van der Waals surface area contributed by atoms with Crippen molar-refractivity contribution in [3.8, 4) is 0 Å². The molecule has 5 nitrogen and oxygen atoms in total. The van der Waals surface area contributed by atoms with Crippen LogP contribution in [0, 0.1) is 0 Å². The second-order valence-corrected chi connectivity index (χ2v) is 1.95. The van der Waals surface area contributed by atoms with Crippen molar-refractivity contribution in [1.29, 1.82) is 0 Å². The molecule has 0 saturated heterocycles. The number of hydrogen-bond acceptors (Lipinski definition) is 4. The minimum absolute atomic E-state index is 0.313. The van der Waals surface area contributed by atoms with Crippen LogP contribution in [0.2, 0.25) is 0 Å². The van der Waals surface area contributed by atoms with Gasteiger partial charge in [-0.05, 0) is 6.92 Å².